The van der Waals surface area contributed by atoms with Crippen molar-refractivity contribution in [3.8, 4) is 0 Å². The number of aryl methyl sites for hydroxylation is 1. The first kappa shape index (κ1) is 19.0. The van der Waals surface area contributed by atoms with Crippen LogP contribution in [0.5, 0.6) is 0 Å². The second kappa shape index (κ2) is 7.87. The van der Waals surface area contributed by atoms with E-state index in [0.29, 0.717) is 6.54 Å². The zero-order chi connectivity index (χ0) is 18.7. The van der Waals surface area contributed by atoms with Crippen LogP contribution in [0.15, 0.2) is 42.5 Å². The molecule has 1 unspecified atom stereocenters. The van der Waals surface area contributed by atoms with E-state index in [1.54, 1.807) is 12.1 Å². The molecule has 0 amide bonds. The molecule has 4 heteroatoms. The van der Waals surface area contributed by atoms with E-state index in [1.165, 1.54) is 28.8 Å². The molecule has 0 saturated carbocycles. The molecule has 0 bridgehead atoms. The lowest BCUT2D eigenvalue weighted by Gasteiger charge is -2.31. The fourth-order valence-electron chi connectivity index (χ4n) is 3.46. The second-order valence-corrected chi connectivity index (χ2v) is 7.97. The lowest BCUT2D eigenvalue weighted by Crippen LogP contribution is -2.34. The Morgan fingerprint density at radius 1 is 1.12 bits per heavy atom. The lowest BCUT2D eigenvalue weighted by molar-refractivity contribution is 0.0714. The summed E-state index contributed by atoms with van der Waals surface area (Å²) < 4.78 is 13.0. The van der Waals surface area contributed by atoms with Gasteiger partial charge >= 0.3 is 0 Å². The highest BCUT2D eigenvalue weighted by molar-refractivity contribution is 5.34. The summed E-state index contributed by atoms with van der Waals surface area (Å²) in [6, 6.07) is 12.6. The SMILES string of the molecule is CC(C)(O)CCc1ccc2c(c1)CCN(CC(O)c1ccc(F)cc1)C2. The Kier molecular flexibility index (Phi) is 5.76. The molecule has 26 heavy (non-hydrogen) atoms. The highest BCUT2D eigenvalue weighted by Crippen LogP contribution is 2.24. The molecule has 2 N–H and O–H groups in total. The Morgan fingerprint density at radius 2 is 1.85 bits per heavy atom. The van der Waals surface area contributed by atoms with Gasteiger partial charge in [0.2, 0.25) is 0 Å². The van der Waals surface area contributed by atoms with E-state index in [2.05, 4.69) is 23.1 Å². The number of hydrogen-bond donors (Lipinski definition) is 2. The first-order valence-corrected chi connectivity index (χ1v) is 9.29. The third-order valence-electron chi connectivity index (χ3n) is 5.07. The average molecular weight is 357 g/mol. The molecular formula is C22H28FNO2. The smallest absolute Gasteiger partial charge is 0.123 e. The first-order chi connectivity index (χ1) is 12.3. The number of rotatable bonds is 6. The second-order valence-electron chi connectivity index (χ2n) is 7.97. The summed E-state index contributed by atoms with van der Waals surface area (Å²) in [5, 5.41) is 20.3. The Balaban J connectivity index is 1.60. The van der Waals surface area contributed by atoms with Gasteiger partial charge in [-0.3, -0.25) is 4.90 Å². The summed E-state index contributed by atoms with van der Waals surface area (Å²) in [5.41, 5.74) is 4.05. The van der Waals surface area contributed by atoms with Crippen LogP contribution in [0.1, 0.15) is 48.6 Å². The molecule has 0 saturated heterocycles. The number of halogens is 1. The minimum Gasteiger partial charge on any atom is -0.390 e. The van der Waals surface area contributed by atoms with Gasteiger partial charge in [-0.05, 0) is 67.5 Å². The molecule has 1 aliphatic heterocycles. The van der Waals surface area contributed by atoms with Crippen LogP contribution < -0.4 is 0 Å². The van der Waals surface area contributed by atoms with Crippen LogP contribution in [0.25, 0.3) is 0 Å². The molecule has 3 rings (SSSR count). The van der Waals surface area contributed by atoms with Gasteiger partial charge in [0.05, 0.1) is 11.7 Å². The fraction of sp³-hybridized carbons (Fsp3) is 0.455. The van der Waals surface area contributed by atoms with E-state index in [-0.39, 0.29) is 5.82 Å². The summed E-state index contributed by atoms with van der Waals surface area (Å²) in [7, 11) is 0. The molecule has 0 fully saturated rings. The van der Waals surface area contributed by atoms with Gasteiger partial charge in [0.15, 0.2) is 0 Å². The molecule has 3 nitrogen and oxygen atoms in total. The topological polar surface area (TPSA) is 43.7 Å². The maximum absolute atomic E-state index is 13.0. The molecule has 1 aliphatic rings. The van der Waals surface area contributed by atoms with Crippen LogP contribution >= 0.6 is 0 Å². The fourth-order valence-corrected chi connectivity index (χ4v) is 3.46. The molecule has 1 heterocycles. The summed E-state index contributed by atoms with van der Waals surface area (Å²) >= 11 is 0. The van der Waals surface area contributed by atoms with Gasteiger partial charge in [-0.15, -0.1) is 0 Å². The van der Waals surface area contributed by atoms with Crippen molar-refractivity contribution in [2.45, 2.75) is 51.4 Å². The van der Waals surface area contributed by atoms with Crippen molar-refractivity contribution < 1.29 is 14.6 Å². The number of benzene rings is 2. The summed E-state index contributed by atoms with van der Waals surface area (Å²) in [4.78, 5) is 2.24. The summed E-state index contributed by atoms with van der Waals surface area (Å²) in [6.45, 7) is 5.95. The number of hydrogen-bond acceptors (Lipinski definition) is 3. The third kappa shape index (κ3) is 5.13. The van der Waals surface area contributed by atoms with Gasteiger partial charge in [-0.1, -0.05) is 30.3 Å². The Labute approximate surface area is 155 Å². The Bertz CT molecular complexity index is 737. The van der Waals surface area contributed by atoms with Crippen molar-refractivity contribution in [1.82, 2.24) is 4.90 Å². The van der Waals surface area contributed by atoms with Crippen molar-refractivity contribution in [2.75, 3.05) is 13.1 Å². The van der Waals surface area contributed by atoms with Crippen molar-refractivity contribution in [3.63, 3.8) is 0 Å². The van der Waals surface area contributed by atoms with Crippen LogP contribution in [-0.4, -0.2) is 33.8 Å². The third-order valence-corrected chi connectivity index (χ3v) is 5.07. The summed E-state index contributed by atoms with van der Waals surface area (Å²) in [5.74, 6) is -0.284. The van der Waals surface area contributed by atoms with E-state index in [0.717, 1.165) is 37.9 Å². The van der Waals surface area contributed by atoms with Gasteiger partial charge in [-0.2, -0.15) is 0 Å². The molecule has 1 atom stereocenters. The minimum absolute atomic E-state index is 0.284. The number of aliphatic hydroxyl groups is 2. The van der Waals surface area contributed by atoms with E-state index in [9.17, 15) is 14.6 Å². The Hall–Kier alpha value is -1.75. The highest BCUT2D eigenvalue weighted by atomic mass is 19.1. The largest absolute Gasteiger partial charge is 0.390 e. The first-order valence-electron chi connectivity index (χ1n) is 9.29. The molecule has 0 aliphatic carbocycles. The van der Waals surface area contributed by atoms with Gasteiger partial charge in [0.25, 0.3) is 0 Å². The van der Waals surface area contributed by atoms with Gasteiger partial charge in [0.1, 0.15) is 5.82 Å². The zero-order valence-corrected chi connectivity index (χ0v) is 15.6. The minimum atomic E-state index is -0.636. The van der Waals surface area contributed by atoms with Crippen LogP contribution in [0.2, 0.25) is 0 Å². The monoisotopic (exact) mass is 357 g/mol. The van der Waals surface area contributed by atoms with Gasteiger partial charge in [-0.25, -0.2) is 4.39 Å². The van der Waals surface area contributed by atoms with Crippen LogP contribution in [0, 0.1) is 5.82 Å². The molecular weight excluding hydrogens is 329 g/mol. The normalized spacial score (nSPS) is 16.3. The van der Waals surface area contributed by atoms with E-state index >= 15 is 0 Å². The predicted molar refractivity (Wildman–Crippen MR) is 101 cm³/mol. The number of aliphatic hydroxyl groups excluding tert-OH is 1. The molecule has 2 aromatic rings. The number of β-amino-alcohol motifs (C(OH)–C–C–N with tert-alkyl or cyclic N) is 1. The van der Waals surface area contributed by atoms with Crippen LogP contribution in [0.3, 0.4) is 0 Å². The van der Waals surface area contributed by atoms with Crippen molar-refractivity contribution in [2.24, 2.45) is 0 Å². The number of nitrogens with zero attached hydrogens (tertiary/aromatic N) is 1. The molecule has 140 valence electrons. The van der Waals surface area contributed by atoms with E-state index in [1.807, 2.05) is 13.8 Å². The van der Waals surface area contributed by atoms with E-state index in [4.69, 9.17) is 0 Å². The average Bonchev–Trinajstić information content (AvgIpc) is 2.59. The van der Waals surface area contributed by atoms with Crippen LogP contribution in [0.4, 0.5) is 4.39 Å². The predicted octanol–water partition coefficient (Wildman–Crippen LogP) is 3.62. The Morgan fingerprint density at radius 3 is 2.54 bits per heavy atom. The molecule has 0 aromatic heterocycles. The maximum atomic E-state index is 13.0. The van der Waals surface area contributed by atoms with Gasteiger partial charge in [0, 0.05) is 19.6 Å². The van der Waals surface area contributed by atoms with Crippen molar-refractivity contribution in [3.05, 3.63) is 70.5 Å². The highest BCUT2D eigenvalue weighted by Gasteiger charge is 2.20. The molecule has 0 radical (unpaired) electrons. The van der Waals surface area contributed by atoms with E-state index < -0.39 is 11.7 Å². The zero-order valence-electron chi connectivity index (χ0n) is 15.6. The number of fused-ring (bicyclic) bond motifs is 1. The summed E-state index contributed by atoms with van der Waals surface area (Å²) in [6.07, 6.45) is 1.98. The maximum Gasteiger partial charge on any atom is 0.123 e. The molecule has 2 aromatic carbocycles. The van der Waals surface area contributed by atoms with Crippen LogP contribution in [-0.2, 0) is 19.4 Å². The molecule has 0 spiro atoms. The van der Waals surface area contributed by atoms with Crippen molar-refractivity contribution >= 4 is 0 Å². The van der Waals surface area contributed by atoms with Gasteiger partial charge < -0.3 is 10.2 Å². The standard InChI is InChI=1S/C22H28FNO2/c1-22(2,26)11-9-16-3-4-19-14-24(12-10-18(19)13-16)15-21(25)17-5-7-20(23)8-6-17/h3-8,13,21,25-26H,9-12,14-15H2,1-2H3. The quantitative estimate of drug-likeness (QED) is 0.830. The lowest BCUT2D eigenvalue weighted by atomic mass is 9.93. The van der Waals surface area contributed by atoms with Crippen molar-refractivity contribution in [1.29, 1.82) is 0 Å².